The van der Waals surface area contributed by atoms with Crippen LogP contribution in [0.15, 0.2) is 24.3 Å². The van der Waals surface area contributed by atoms with Gasteiger partial charge in [-0.2, -0.15) is 0 Å². The third kappa shape index (κ3) is 4.43. The van der Waals surface area contributed by atoms with Gasteiger partial charge in [0.05, 0.1) is 12.7 Å². The van der Waals surface area contributed by atoms with Gasteiger partial charge in [0.1, 0.15) is 0 Å². The Bertz CT molecular complexity index is 327. The topological polar surface area (TPSA) is 21.3 Å². The van der Waals surface area contributed by atoms with E-state index in [4.69, 9.17) is 4.74 Å². The van der Waals surface area contributed by atoms with Crippen molar-refractivity contribution < 1.29 is 4.74 Å². The first-order valence-corrected chi connectivity index (χ1v) is 7.22. The minimum atomic E-state index is 0.503. The molecule has 0 atom stereocenters. The first-order chi connectivity index (χ1) is 8.88. The molecule has 0 aliphatic heterocycles. The van der Waals surface area contributed by atoms with Crippen molar-refractivity contribution in [2.75, 3.05) is 13.6 Å². The Labute approximate surface area is 111 Å². The van der Waals surface area contributed by atoms with E-state index in [0.29, 0.717) is 6.10 Å². The highest BCUT2D eigenvalue weighted by atomic mass is 16.5. The van der Waals surface area contributed by atoms with Gasteiger partial charge in [0.15, 0.2) is 0 Å². The van der Waals surface area contributed by atoms with Gasteiger partial charge in [0.2, 0.25) is 0 Å². The van der Waals surface area contributed by atoms with Crippen molar-refractivity contribution in [3.05, 3.63) is 35.4 Å². The molecule has 100 valence electrons. The number of hydrogen-bond donors (Lipinski definition) is 1. The number of hydrogen-bond acceptors (Lipinski definition) is 2. The number of nitrogens with one attached hydrogen (secondary N) is 1. The van der Waals surface area contributed by atoms with Crippen LogP contribution in [-0.2, 0) is 17.8 Å². The lowest BCUT2D eigenvalue weighted by Crippen LogP contribution is -2.16. The van der Waals surface area contributed by atoms with Crippen molar-refractivity contribution in [1.29, 1.82) is 0 Å². The van der Waals surface area contributed by atoms with Crippen LogP contribution in [0.1, 0.15) is 43.2 Å². The van der Waals surface area contributed by atoms with Crippen molar-refractivity contribution in [2.45, 2.75) is 51.2 Å². The number of benzene rings is 1. The van der Waals surface area contributed by atoms with Crippen LogP contribution in [0, 0.1) is 0 Å². The number of ether oxygens (including phenoxy) is 1. The Hall–Kier alpha value is -0.860. The molecule has 0 amide bonds. The maximum atomic E-state index is 5.98. The molecule has 2 nitrogen and oxygen atoms in total. The minimum absolute atomic E-state index is 0.503. The van der Waals surface area contributed by atoms with Gasteiger partial charge in [-0.3, -0.25) is 0 Å². The van der Waals surface area contributed by atoms with Crippen LogP contribution >= 0.6 is 0 Å². The fraction of sp³-hybridized carbons (Fsp3) is 0.625. The highest BCUT2D eigenvalue weighted by Gasteiger charge is 2.13. The lowest BCUT2D eigenvalue weighted by atomic mass is 9.98. The molecular formula is C16H25NO. The van der Waals surface area contributed by atoms with E-state index >= 15 is 0 Å². The van der Waals surface area contributed by atoms with E-state index < -0.39 is 0 Å². The summed E-state index contributed by atoms with van der Waals surface area (Å²) >= 11 is 0. The summed E-state index contributed by atoms with van der Waals surface area (Å²) in [6.07, 6.45) is 8.17. The van der Waals surface area contributed by atoms with Gasteiger partial charge in [-0.05, 0) is 44.0 Å². The monoisotopic (exact) mass is 247 g/mol. The second-order valence-electron chi connectivity index (χ2n) is 5.24. The van der Waals surface area contributed by atoms with Gasteiger partial charge in [0, 0.05) is 0 Å². The van der Waals surface area contributed by atoms with Crippen molar-refractivity contribution >= 4 is 0 Å². The highest BCUT2D eigenvalue weighted by molar-refractivity contribution is 5.22. The molecule has 0 saturated heterocycles. The third-order valence-corrected chi connectivity index (χ3v) is 3.72. The van der Waals surface area contributed by atoms with Crippen molar-refractivity contribution in [1.82, 2.24) is 5.32 Å². The molecule has 0 radical (unpaired) electrons. The Morgan fingerprint density at radius 3 is 2.39 bits per heavy atom. The first-order valence-electron chi connectivity index (χ1n) is 7.22. The van der Waals surface area contributed by atoms with E-state index in [0.717, 1.165) is 19.6 Å². The molecule has 2 rings (SSSR count). The highest BCUT2D eigenvalue weighted by Crippen LogP contribution is 2.21. The Morgan fingerprint density at radius 2 is 1.72 bits per heavy atom. The van der Waals surface area contributed by atoms with Gasteiger partial charge < -0.3 is 10.1 Å². The molecule has 0 aromatic heterocycles. The molecular weight excluding hydrogens is 222 g/mol. The van der Waals surface area contributed by atoms with Crippen LogP contribution in [0.4, 0.5) is 0 Å². The molecule has 2 heteroatoms. The van der Waals surface area contributed by atoms with E-state index in [1.54, 1.807) is 0 Å². The van der Waals surface area contributed by atoms with Crippen molar-refractivity contribution in [3.63, 3.8) is 0 Å². The summed E-state index contributed by atoms with van der Waals surface area (Å²) in [6.45, 7) is 1.81. The van der Waals surface area contributed by atoms with E-state index in [1.807, 2.05) is 7.05 Å². The summed E-state index contributed by atoms with van der Waals surface area (Å²) in [5.41, 5.74) is 2.69. The average molecular weight is 247 g/mol. The molecule has 1 aromatic carbocycles. The van der Waals surface area contributed by atoms with Crippen LogP contribution < -0.4 is 5.32 Å². The molecule has 1 aromatic rings. The zero-order valence-corrected chi connectivity index (χ0v) is 11.5. The lowest BCUT2D eigenvalue weighted by Gasteiger charge is -2.22. The Morgan fingerprint density at radius 1 is 1.06 bits per heavy atom. The molecule has 1 fully saturated rings. The maximum Gasteiger partial charge on any atom is 0.0720 e. The second-order valence-corrected chi connectivity index (χ2v) is 5.24. The SMILES string of the molecule is CNCCc1ccc(COC2CCCCC2)cc1. The van der Waals surface area contributed by atoms with Gasteiger partial charge in [0.25, 0.3) is 0 Å². The number of rotatable bonds is 6. The molecule has 1 aliphatic carbocycles. The molecule has 18 heavy (non-hydrogen) atoms. The minimum Gasteiger partial charge on any atom is -0.374 e. The maximum absolute atomic E-state index is 5.98. The Kier molecular flexibility index (Phi) is 5.69. The zero-order chi connectivity index (χ0) is 12.6. The number of likely N-dealkylation sites (N-methyl/N-ethyl adjacent to an activating group) is 1. The van der Waals surface area contributed by atoms with Gasteiger partial charge in [-0.25, -0.2) is 0 Å². The fourth-order valence-corrected chi connectivity index (χ4v) is 2.52. The largest absolute Gasteiger partial charge is 0.374 e. The predicted molar refractivity (Wildman–Crippen MR) is 75.7 cm³/mol. The van der Waals surface area contributed by atoms with Crippen LogP contribution in [0.3, 0.4) is 0 Å². The second kappa shape index (κ2) is 7.55. The molecule has 1 saturated carbocycles. The molecule has 0 unspecified atom stereocenters. The van der Waals surface area contributed by atoms with E-state index in [-0.39, 0.29) is 0 Å². The van der Waals surface area contributed by atoms with Gasteiger partial charge in [-0.1, -0.05) is 43.5 Å². The standard InChI is InChI=1S/C16H25NO/c1-17-12-11-14-7-9-15(10-8-14)13-18-16-5-3-2-4-6-16/h7-10,16-17H,2-6,11-13H2,1H3. The van der Waals surface area contributed by atoms with Gasteiger partial charge >= 0.3 is 0 Å². The summed E-state index contributed by atoms with van der Waals surface area (Å²) in [6, 6.07) is 8.84. The van der Waals surface area contributed by atoms with Crippen LogP contribution in [0.5, 0.6) is 0 Å². The lowest BCUT2D eigenvalue weighted by molar-refractivity contribution is 0.0169. The first kappa shape index (κ1) is 13.6. The molecule has 1 N–H and O–H groups in total. The van der Waals surface area contributed by atoms with Crippen LogP contribution in [0.25, 0.3) is 0 Å². The van der Waals surface area contributed by atoms with E-state index in [2.05, 4.69) is 29.6 Å². The summed E-state index contributed by atoms with van der Waals surface area (Å²) in [7, 11) is 1.99. The summed E-state index contributed by atoms with van der Waals surface area (Å²) in [4.78, 5) is 0. The fourth-order valence-electron chi connectivity index (χ4n) is 2.52. The van der Waals surface area contributed by atoms with Gasteiger partial charge in [-0.15, -0.1) is 0 Å². The third-order valence-electron chi connectivity index (χ3n) is 3.72. The predicted octanol–water partition coefficient (Wildman–Crippen LogP) is 3.30. The molecule has 0 bridgehead atoms. The van der Waals surface area contributed by atoms with Crippen molar-refractivity contribution in [3.8, 4) is 0 Å². The molecule has 0 heterocycles. The smallest absolute Gasteiger partial charge is 0.0720 e. The van der Waals surface area contributed by atoms with E-state index in [1.165, 1.54) is 43.2 Å². The Balaban J connectivity index is 1.75. The van der Waals surface area contributed by atoms with E-state index in [9.17, 15) is 0 Å². The average Bonchev–Trinajstić information content (AvgIpc) is 2.45. The quantitative estimate of drug-likeness (QED) is 0.833. The molecule has 1 aliphatic rings. The summed E-state index contributed by atoms with van der Waals surface area (Å²) in [5, 5.41) is 3.17. The normalized spacial score (nSPS) is 16.9. The zero-order valence-electron chi connectivity index (χ0n) is 11.5. The van der Waals surface area contributed by atoms with Crippen LogP contribution in [-0.4, -0.2) is 19.7 Å². The van der Waals surface area contributed by atoms with Crippen molar-refractivity contribution in [2.24, 2.45) is 0 Å². The molecule has 0 spiro atoms. The van der Waals surface area contributed by atoms with Crippen LogP contribution in [0.2, 0.25) is 0 Å². The summed E-state index contributed by atoms with van der Waals surface area (Å²) in [5.74, 6) is 0. The summed E-state index contributed by atoms with van der Waals surface area (Å²) < 4.78 is 5.98.